The van der Waals surface area contributed by atoms with Gasteiger partial charge in [-0.15, -0.1) is 11.3 Å². The molecule has 1 heterocycles. The van der Waals surface area contributed by atoms with Crippen LogP contribution in [0.3, 0.4) is 0 Å². The van der Waals surface area contributed by atoms with Crippen molar-refractivity contribution in [1.82, 2.24) is 0 Å². The number of thiophene rings is 1. The summed E-state index contributed by atoms with van der Waals surface area (Å²) in [5.74, 6) is -0.785. The van der Waals surface area contributed by atoms with E-state index >= 15 is 0 Å². The number of carbonyl (C=O) groups is 1. The Morgan fingerprint density at radius 3 is 2.23 bits per heavy atom. The highest BCUT2D eigenvalue weighted by Gasteiger charge is 2.25. The Kier molecular flexibility index (Phi) is 6.36. The summed E-state index contributed by atoms with van der Waals surface area (Å²) in [6.07, 6.45) is 0. The first kappa shape index (κ1) is 22.1. The van der Waals surface area contributed by atoms with E-state index in [1.54, 1.807) is 12.1 Å². The lowest BCUT2D eigenvalue weighted by molar-refractivity contribution is 0.0602. The first-order valence-electron chi connectivity index (χ1n) is 8.19. The molecule has 0 atom stereocenters. The fourth-order valence-electron chi connectivity index (χ4n) is 2.45. The van der Waals surface area contributed by atoms with Crippen LogP contribution in [0.5, 0.6) is 0 Å². The topological polar surface area (TPSA) is 119 Å². The highest BCUT2D eigenvalue weighted by molar-refractivity contribution is 7.93. The molecule has 0 fully saturated rings. The maximum atomic E-state index is 12.7. The smallest absolute Gasteiger partial charge is 0.349 e. The zero-order valence-corrected chi connectivity index (χ0v) is 18.5. The largest absolute Gasteiger partial charge is 0.465 e. The van der Waals surface area contributed by atoms with Crippen LogP contribution in [-0.4, -0.2) is 29.9 Å². The molecule has 0 bridgehead atoms. The van der Waals surface area contributed by atoms with Crippen LogP contribution < -0.4 is 9.44 Å². The number of anilines is 2. The number of rotatable bonds is 7. The van der Waals surface area contributed by atoms with Crippen molar-refractivity contribution in [1.29, 1.82) is 0 Å². The highest BCUT2D eigenvalue weighted by atomic mass is 35.5. The molecule has 0 saturated carbocycles. The molecule has 3 aromatic rings. The average Bonchev–Trinajstić information content (AvgIpc) is 3.18. The molecule has 0 amide bonds. The minimum absolute atomic E-state index is 0.00554. The average molecular weight is 487 g/mol. The van der Waals surface area contributed by atoms with Crippen molar-refractivity contribution < 1.29 is 26.4 Å². The van der Waals surface area contributed by atoms with Gasteiger partial charge < -0.3 is 4.74 Å². The maximum absolute atomic E-state index is 12.7. The number of nitrogens with one attached hydrogen (secondary N) is 2. The van der Waals surface area contributed by atoms with Crippen LogP contribution in [0.4, 0.5) is 11.4 Å². The van der Waals surface area contributed by atoms with Gasteiger partial charge in [0.25, 0.3) is 20.0 Å². The van der Waals surface area contributed by atoms with E-state index in [1.807, 2.05) is 0 Å². The fourth-order valence-corrected chi connectivity index (χ4v) is 6.12. The van der Waals surface area contributed by atoms with Gasteiger partial charge in [-0.1, -0.05) is 23.7 Å². The van der Waals surface area contributed by atoms with Crippen LogP contribution in [-0.2, 0) is 24.8 Å². The molecule has 158 valence electrons. The number of hydrogen-bond donors (Lipinski definition) is 2. The molecule has 0 spiro atoms. The van der Waals surface area contributed by atoms with Gasteiger partial charge in [-0.3, -0.25) is 9.44 Å². The van der Waals surface area contributed by atoms with Gasteiger partial charge in [-0.2, -0.15) is 0 Å². The van der Waals surface area contributed by atoms with Crippen LogP contribution in [0, 0.1) is 0 Å². The van der Waals surface area contributed by atoms with E-state index in [0.717, 1.165) is 24.5 Å². The molecule has 8 nitrogen and oxygen atoms in total. The second-order valence-corrected chi connectivity index (χ2v) is 10.5. The van der Waals surface area contributed by atoms with Gasteiger partial charge in [-0.25, -0.2) is 21.6 Å². The molecule has 0 aliphatic heterocycles. The number of hydrogen-bond acceptors (Lipinski definition) is 7. The summed E-state index contributed by atoms with van der Waals surface area (Å²) in [4.78, 5) is 11.3. The molecule has 0 radical (unpaired) electrons. The summed E-state index contributed by atoms with van der Waals surface area (Å²) in [6.45, 7) is 0. The van der Waals surface area contributed by atoms with Gasteiger partial charge in [0.15, 0.2) is 0 Å². The third-order valence-corrected chi connectivity index (χ3v) is 7.82. The standard InChI is InChI=1S/C18H15ClN2O6S3/c1-27-18(22)17-16(8-9-28-17)30(25,26)21-14-6-3-7-15(11-14)29(23,24)20-13-5-2-4-12(19)10-13/h2-11,20-21H,1H3. The number of halogens is 1. The van der Waals surface area contributed by atoms with Gasteiger partial charge in [0, 0.05) is 5.02 Å². The number of ether oxygens (including phenoxy) is 1. The lowest BCUT2D eigenvalue weighted by Gasteiger charge is -2.11. The molecule has 2 N–H and O–H groups in total. The van der Waals surface area contributed by atoms with Gasteiger partial charge in [-0.05, 0) is 47.8 Å². The second kappa shape index (κ2) is 8.64. The summed E-state index contributed by atoms with van der Waals surface area (Å²) in [7, 11) is -7.01. The highest BCUT2D eigenvalue weighted by Crippen LogP contribution is 2.26. The first-order chi connectivity index (χ1) is 14.1. The summed E-state index contributed by atoms with van der Waals surface area (Å²) < 4.78 is 60.0. The summed E-state index contributed by atoms with van der Waals surface area (Å²) >= 11 is 6.79. The maximum Gasteiger partial charge on any atom is 0.349 e. The Labute approximate surface area is 182 Å². The SMILES string of the molecule is COC(=O)c1sccc1S(=O)(=O)Nc1cccc(S(=O)(=O)Nc2cccc(Cl)c2)c1. The summed E-state index contributed by atoms with van der Waals surface area (Å²) in [5, 5.41) is 1.80. The van der Waals surface area contributed by atoms with Crippen molar-refractivity contribution in [3.63, 3.8) is 0 Å². The van der Waals surface area contributed by atoms with E-state index in [1.165, 1.54) is 41.8 Å². The lowest BCUT2D eigenvalue weighted by atomic mass is 10.3. The van der Waals surface area contributed by atoms with Crippen molar-refractivity contribution >= 4 is 60.3 Å². The van der Waals surface area contributed by atoms with E-state index in [-0.39, 0.29) is 26.0 Å². The minimum atomic E-state index is -4.16. The fraction of sp³-hybridized carbons (Fsp3) is 0.0556. The zero-order chi connectivity index (χ0) is 21.9. The molecule has 2 aromatic carbocycles. The van der Waals surface area contributed by atoms with Crippen LogP contribution >= 0.6 is 22.9 Å². The molecule has 0 aliphatic carbocycles. The quantitative estimate of drug-likeness (QED) is 0.490. The van der Waals surface area contributed by atoms with Crippen molar-refractivity contribution in [3.8, 4) is 0 Å². The predicted molar refractivity (Wildman–Crippen MR) is 115 cm³/mol. The van der Waals surface area contributed by atoms with Crippen LogP contribution in [0.2, 0.25) is 5.02 Å². The van der Waals surface area contributed by atoms with Crippen molar-refractivity contribution in [2.75, 3.05) is 16.6 Å². The Bertz CT molecular complexity index is 1300. The molecular formula is C18H15ClN2O6S3. The van der Waals surface area contributed by atoms with E-state index in [0.29, 0.717) is 5.02 Å². The molecule has 0 saturated heterocycles. The van der Waals surface area contributed by atoms with Crippen LogP contribution in [0.25, 0.3) is 0 Å². The van der Waals surface area contributed by atoms with Crippen molar-refractivity contribution in [3.05, 3.63) is 69.9 Å². The number of sulfonamides is 2. The minimum Gasteiger partial charge on any atom is -0.465 e. The summed E-state index contributed by atoms with van der Waals surface area (Å²) in [5.41, 5.74) is 0.264. The molecule has 0 unspecified atom stereocenters. The Morgan fingerprint density at radius 1 is 0.933 bits per heavy atom. The second-order valence-electron chi connectivity index (χ2n) is 5.85. The van der Waals surface area contributed by atoms with E-state index in [4.69, 9.17) is 11.6 Å². The van der Waals surface area contributed by atoms with Crippen LogP contribution in [0.1, 0.15) is 9.67 Å². The Hall–Kier alpha value is -2.60. The van der Waals surface area contributed by atoms with Crippen molar-refractivity contribution in [2.45, 2.75) is 9.79 Å². The third kappa shape index (κ3) is 4.93. The Morgan fingerprint density at radius 2 is 1.57 bits per heavy atom. The van der Waals surface area contributed by atoms with Gasteiger partial charge in [0.1, 0.15) is 9.77 Å². The van der Waals surface area contributed by atoms with Gasteiger partial charge in [0.05, 0.1) is 23.4 Å². The normalized spacial score (nSPS) is 11.7. The molecule has 0 aliphatic rings. The molecule has 12 heteroatoms. The zero-order valence-electron chi connectivity index (χ0n) is 15.3. The van der Waals surface area contributed by atoms with E-state index in [9.17, 15) is 21.6 Å². The lowest BCUT2D eigenvalue weighted by Crippen LogP contribution is -2.17. The Balaban J connectivity index is 1.88. The number of benzene rings is 2. The number of esters is 1. The number of methoxy groups -OCH3 is 1. The summed E-state index contributed by atoms with van der Waals surface area (Å²) in [6, 6.07) is 12.7. The third-order valence-electron chi connectivity index (χ3n) is 3.76. The monoisotopic (exact) mass is 486 g/mol. The van der Waals surface area contributed by atoms with Crippen molar-refractivity contribution in [2.24, 2.45) is 0 Å². The first-order valence-corrected chi connectivity index (χ1v) is 12.4. The van der Waals surface area contributed by atoms with Gasteiger partial charge in [0.2, 0.25) is 0 Å². The molecular weight excluding hydrogens is 472 g/mol. The molecule has 1 aromatic heterocycles. The number of carbonyl (C=O) groups excluding carboxylic acids is 1. The van der Waals surface area contributed by atoms with Crippen LogP contribution in [0.15, 0.2) is 69.8 Å². The molecule has 30 heavy (non-hydrogen) atoms. The van der Waals surface area contributed by atoms with E-state index in [2.05, 4.69) is 14.2 Å². The molecule has 3 rings (SSSR count). The predicted octanol–water partition coefficient (Wildman–Crippen LogP) is 3.79. The van der Waals surface area contributed by atoms with E-state index < -0.39 is 26.0 Å². The van der Waals surface area contributed by atoms with Gasteiger partial charge >= 0.3 is 5.97 Å².